The maximum absolute atomic E-state index is 12.6. The second-order valence-corrected chi connectivity index (χ2v) is 8.15. The summed E-state index contributed by atoms with van der Waals surface area (Å²) in [6.07, 6.45) is 0. The first-order chi connectivity index (χ1) is 14.8. The van der Waals surface area contributed by atoms with Crippen molar-refractivity contribution in [1.82, 2.24) is 4.90 Å². The number of esters is 1. The molecule has 31 heavy (non-hydrogen) atoms. The SMILES string of the molecule is COC(=O)c1c(NC(=O)CN2CCN(c3ccc(OC)cc3)CC2)sc(C(N)=O)c1C. The number of carbonyl (C=O) groups is 3. The number of thiophene rings is 1. The molecule has 3 N–H and O–H groups in total. The summed E-state index contributed by atoms with van der Waals surface area (Å²) in [4.78, 5) is 40.9. The van der Waals surface area contributed by atoms with Gasteiger partial charge in [0.25, 0.3) is 5.91 Å². The average Bonchev–Trinajstić information content (AvgIpc) is 3.09. The molecule has 2 heterocycles. The molecule has 1 saturated heterocycles. The van der Waals surface area contributed by atoms with Gasteiger partial charge in [0, 0.05) is 31.9 Å². The van der Waals surface area contributed by atoms with E-state index in [0.717, 1.165) is 49.0 Å². The Morgan fingerprint density at radius 3 is 2.29 bits per heavy atom. The highest BCUT2D eigenvalue weighted by molar-refractivity contribution is 7.18. The normalized spacial score (nSPS) is 14.2. The number of methoxy groups -OCH3 is 2. The highest BCUT2D eigenvalue weighted by atomic mass is 32.1. The maximum Gasteiger partial charge on any atom is 0.341 e. The summed E-state index contributed by atoms with van der Waals surface area (Å²) in [6, 6.07) is 7.89. The Hall–Kier alpha value is -3.11. The van der Waals surface area contributed by atoms with Gasteiger partial charge in [-0.2, -0.15) is 0 Å². The van der Waals surface area contributed by atoms with Crippen LogP contribution in [-0.2, 0) is 9.53 Å². The summed E-state index contributed by atoms with van der Waals surface area (Å²) >= 11 is 0.985. The molecule has 0 radical (unpaired) electrons. The average molecular weight is 447 g/mol. The Kier molecular flexibility index (Phi) is 7.13. The first-order valence-electron chi connectivity index (χ1n) is 9.76. The number of piperazine rings is 1. The molecule has 1 aromatic carbocycles. The lowest BCUT2D eigenvalue weighted by molar-refractivity contribution is -0.117. The molecule has 1 aromatic heterocycles. The van der Waals surface area contributed by atoms with Crippen LogP contribution in [0.4, 0.5) is 10.7 Å². The van der Waals surface area contributed by atoms with E-state index >= 15 is 0 Å². The number of carbonyl (C=O) groups excluding carboxylic acids is 3. The molecule has 1 fully saturated rings. The number of rotatable bonds is 7. The fourth-order valence-corrected chi connectivity index (χ4v) is 4.57. The molecule has 0 aliphatic carbocycles. The predicted molar refractivity (Wildman–Crippen MR) is 119 cm³/mol. The molecule has 9 nitrogen and oxygen atoms in total. The molecule has 3 rings (SSSR count). The zero-order chi connectivity index (χ0) is 22.5. The lowest BCUT2D eigenvalue weighted by Crippen LogP contribution is -2.48. The van der Waals surface area contributed by atoms with Crippen molar-refractivity contribution in [3.05, 3.63) is 40.3 Å². The molecule has 2 amide bonds. The van der Waals surface area contributed by atoms with Crippen LogP contribution < -0.4 is 20.7 Å². The summed E-state index contributed by atoms with van der Waals surface area (Å²) in [6.45, 7) is 4.81. The number of primary amides is 1. The van der Waals surface area contributed by atoms with Crippen molar-refractivity contribution in [2.45, 2.75) is 6.92 Å². The number of amides is 2. The van der Waals surface area contributed by atoms with Crippen LogP contribution in [0.1, 0.15) is 25.6 Å². The summed E-state index contributed by atoms with van der Waals surface area (Å²) in [5.41, 5.74) is 7.07. The van der Waals surface area contributed by atoms with Gasteiger partial charge < -0.3 is 25.4 Å². The van der Waals surface area contributed by atoms with Crippen molar-refractivity contribution in [3.8, 4) is 5.75 Å². The van der Waals surface area contributed by atoms with Gasteiger partial charge in [-0.05, 0) is 36.8 Å². The summed E-state index contributed by atoms with van der Waals surface area (Å²) < 4.78 is 9.98. The smallest absolute Gasteiger partial charge is 0.341 e. The highest BCUT2D eigenvalue weighted by Gasteiger charge is 2.26. The highest BCUT2D eigenvalue weighted by Crippen LogP contribution is 2.33. The first kappa shape index (κ1) is 22.6. The van der Waals surface area contributed by atoms with Gasteiger partial charge in [0.2, 0.25) is 5.91 Å². The van der Waals surface area contributed by atoms with E-state index in [4.69, 9.17) is 15.2 Å². The van der Waals surface area contributed by atoms with Gasteiger partial charge in [-0.1, -0.05) is 0 Å². The zero-order valence-electron chi connectivity index (χ0n) is 17.8. The molecule has 0 saturated carbocycles. The Morgan fingerprint density at radius 1 is 1.10 bits per heavy atom. The van der Waals surface area contributed by atoms with E-state index in [2.05, 4.69) is 10.2 Å². The second-order valence-electron chi connectivity index (χ2n) is 7.13. The largest absolute Gasteiger partial charge is 0.497 e. The van der Waals surface area contributed by atoms with Crippen LogP contribution in [0, 0.1) is 6.92 Å². The number of hydrogen-bond donors (Lipinski definition) is 2. The summed E-state index contributed by atoms with van der Waals surface area (Å²) in [7, 11) is 2.89. The predicted octanol–water partition coefficient (Wildman–Crippen LogP) is 1.71. The third kappa shape index (κ3) is 5.15. The molecule has 1 aliphatic rings. The molecule has 166 valence electrons. The van der Waals surface area contributed by atoms with Gasteiger partial charge in [0.05, 0.1) is 31.2 Å². The number of nitrogens with two attached hydrogens (primary N) is 1. The zero-order valence-corrected chi connectivity index (χ0v) is 18.6. The minimum absolute atomic E-state index is 0.166. The lowest BCUT2D eigenvalue weighted by atomic mass is 10.1. The number of anilines is 2. The Balaban J connectivity index is 1.60. The molecule has 0 atom stereocenters. The molecule has 0 spiro atoms. The molecular weight excluding hydrogens is 420 g/mol. The minimum atomic E-state index is -0.650. The monoisotopic (exact) mass is 446 g/mol. The van der Waals surface area contributed by atoms with Crippen molar-refractivity contribution in [1.29, 1.82) is 0 Å². The van der Waals surface area contributed by atoms with Crippen molar-refractivity contribution in [2.75, 3.05) is 57.2 Å². The number of ether oxygens (including phenoxy) is 2. The molecule has 0 unspecified atom stereocenters. The van der Waals surface area contributed by atoms with Crippen LogP contribution in [0.25, 0.3) is 0 Å². The Morgan fingerprint density at radius 2 is 1.74 bits per heavy atom. The van der Waals surface area contributed by atoms with E-state index in [1.165, 1.54) is 7.11 Å². The van der Waals surface area contributed by atoms with Crippen molar-refractivity contribution < 1.29 is 23.9 Å². The van der Waals surface area contributed by atoms with Gasteiger partial charge in [-0.3, -0.25) is 14.5 Å². The lowest BCUT2D eigenvalue weighted by Gasteiger charge is -2.35. The fraction of sp³-hybridized carbons (Fsp3) is 0.381. The van der Waals surface area contributed by atoms with E-state index in [1.807, 2.05) is 29.2 Å². The first-order valence-corrected chi connectivity index (χ1v) is 10.6. The molecule has 10 heteroatoms. The van der Waals surface area contributed by atoms with Gasteiger partial charge >= 0.3 is 5.97 Å². The van der Waals surface area contributed by atoms with E-state index in [0.29, 0.717) is 5.56 Å². The molecule has 2 aromatic rings. The topological polar surface area (TPSA) is 114 Å². The number of nitrogens with zero attached hydrogens (tertiary/aromatic N) is 2. The standard InChI is InChI=1S/C21H26N4O5S/c1-13-17(21(28)30-3)20(31-18(13)19(22)27)23-16(26)12-24-8-10-25(11-9-24)14-4-6-15(29-2)7-5-14/h4-7H,8-12H2,1-3H3,(H2,22,27)(H,23,26). The quantitative estimate of drug-likeness (QED) is 0.622. The number of benzene rings is 1. The molecule has 1 aliphatic heterocycles. The van der Waals surface area contributed by atoms with Gasteiger partial charge in [0.15, 0.2) is 0 Å². The van der Waals surface area contributed by atoms with E-state index in [-0.39, 0.29) is 27.9 Å². The van der Waals surface area contributed by atoms with Gasteiger partial charge in [-0.25, -0.2) is 4.79 Å². The van der Waals surface area contributed by atoms with Crippen LogP contribution in [0.5, 0.6) is 5.75 Å². The van der Waals surface area contributed by atoms with Gasteiger partial charge in [-0.15, -0.1) is 11.3 Å². The van der Waals surface area contributed by atoms with Crippen LogP contribution in [0.3, 0.4) is 0 Å². The second kappa shape index (κ2) is 9.80. The maximum atomic E-state index is 12.6. The van der Waals surface area contributed by atoms with Gasteiger partial charge in [0.1, 0.15) is 10.8 Å². The van der Waals surface area contributed by atoms with Crippen LogP contribution >= 0.6 is 11.3 Å². The van der Waals surface area contributed by atoms with Crippen molar-refractivity contribution in [2.24, 2.45) is 5.73 Å². The number of hydrogen-bond acceptors (Lipinski definition) is 8. The third-order valence-corrected chi connectivity index (χ3v) is 6.41. The van der Waals surface area contributed by atoms with Crippen molar-refractivity contribution in [3.63, 3.8) is 0 Å². The molecule has 0 bridgehead atoms. The Labute approximate surface area is 184 Å². The van der Waals surface area contributed by atoms with Crippen molar-refractivity contribution >= 4 is 39.8 Å². The number of nitrogens with one attached hydrogen (secondary N) is 1. The fourth-order valence-electron chi connectivity index (χ4n) is 3.51. The van der Waals surface area contributed by atoms with Crippen LogP contribution in [0.15, 0.2) is 24.3 Å². The molecular formula is C21H26N4O5S. The van der Waals surface area contributed by atoms with E-state index in [9.17, 15) is 14.4 Å². The van der Waals surface area contributed by atoms with Crippen LogP contribution in [-0.4, -0.2) is 69.6 Å². The van der Waals surface area contributed by atoms with E-state index < -0.39 is 11.9 Å². The van der Waals surface area contributed by atoms with Crippen LogP contribution in [0.2, 0.25) is 0 Å². The minimum Gasteiger partial charge on any atom is -0.497 e. The Bertz CT molecular complexity index is 965. The van der Waals surface area contributed by atoms with E-state index in [1.54, 1.807) is 14.0 Å². The third-order valence-electron chi connectivity index (χ3n) is 5.19. The summed E-state index contributed by atoms with van der Waals surface area (Å²) in [5.74, 6) is -0.721. The summed E-state index contributed by atoms with van der Waals surface area (Å²) in [5, 5.41) is 3.02.